The number of ether oxygens (including phenoxy) is 1. The van der Waals surface area contributed by atoms with E-state index < -0.39 is 11.8 Å². The van der Waals surface area contributed by atoms with Crippen molar-refractivity contribution in [3.8, 4) is 5.75 Å². The summed E-state index contributed by atoms with van der Waals surface area (Å²) in [6, 6.07) is 6.71. The summed E-state index contributed by atoms with van der Waals surface area (Å²) in [5.41, 5.74) is 0.499. The first-order valence-corrected chi connectivity index (χ1v) is 8.45. The zero-order valence-electron chi connectivity index (χ0n) is 14.9. The number of hydrogen-bond acceptors (Lipinski definition) is 4. The lowest BCUT2D eigenvalue weighted by molar-refractivity contribution is -0.144. The third kappa shape index (κ3) is 5.20. The number of nitrogens with one attached hydrogen (secondary N) is 2. The van der Waals surface area contributed by atoms with Gasteiger partial charge in [0.1, 0.15) is 5.75 Å². The van der Waals surface area contributed by atoms with Crippen LogP contribution >= 0.6 is 0 Å². The van der Waals surface area contributed by atoms with Crippen molar-refractivity contribution in [1.82, 2.24) is 10.2 Å². The van der Waals surface area contributed by atoms with Gasteiger partial charge in [-0.05, 0) is 25.0 Å². The average molecular weight is 347 g/mol. The fraction of sp³-hybridized carbons (Fsp3) is 0.500. The zero-order chi connectivity index (χ0) is 18.4. The molecule has 1 heterocycles. The number of methoxy groups -OCH3 is 1. The molecule has 2 N–H and O–H groups in total. The van der Waals surface area contributed by atoms with Gasteiger partial charge in [-0.15, -0.1) is 0 Å². The van der Waals surface area contributed by atoms with E-state index in [-0.39, 0.29) is 17.9 Å². The Morgan fingerprint density at radius 1 is 1.28 bits per heavy atom. The van der Waals surface area contributed by atoms with E-state index in [1.165, 1.54) is 12.0 Å². The minimum absolute atomic E-state index is 0.0415. The van der Waals surface area contributed by atoms with Crippen LogP contribution in [-0.2, 0) is 14.4 Å². The van der Waals surface area contributed by atoms with Gasteiger partial charge in [-0.1, -0.05) is 19.9 Å². The summed E-state index contributed by atoms with van der Waals surface area (Å²) in [4.78, 5) is 37.9. The number of likely N-dealkylation sites (tertiary alicyclic amines) is 1. The van der Waals surface area contributed by atoms with Crippen molar-refractivity contribution < 1.29 is 19.1 Å². The zero-order valence-corrected chi connectivity index (χ0v) is 14.9. The fourth-order valence-electron chi connectivity index (χ4n) is 2.68. The van der Waals surface area contributed by atoms with E-state index in [2.05, 4.69) is 10.6 Å². The summed E-state index contributed by atoms with van der Waals surface area (Å²) in [5, 5.41) is 5.52. The number of rotatable bonds is 4. The van der Waals surface area contributed by atoms with Gasteiger partial charge < -0.3 is 20.3 Å². The fourth-order valence-corrected chi connectivity index (χ4v) is 2.68. The van der Waals surface area contributed by atoms with E-state index in [0.29, 0.717) is 24.5 Å². The predicted molar refractivity (Wildman–Crippen MR) is 94.2 cm³/mol. The van der Waals surface area contributed by atoms with Crippen LogP contribution in [0.4, 0.5) is 5.69 Å². The summed E-state index contributed by atoms with van der Waals surface area (Å²) in [7, 11) is 1.53. The normalized spacial score (nSPS) is 17.1. The van der Waals surface area contributed by atoms with Gasteiger partial charge in [-0.2, -0.15) is 0 Å². The van der Waals surface area contributed by atoms with Gasteiger partial charge >= 0.3 is 11.8 Å². The van der Waals surface area contributed by atoms with Gasteiger partial charge in [0.2, 0.25) is 5.91 Å². The molecule has 1 aliphatic rings. The second kappa shape index (κ2) is 8.50. The molecular weight excluding hydrogens is 322 g/mol. The number of piperidine rings is 1. The lowest BCUT2D eigenvalue weighted by Crippen LogP contribution is -2.52. The maximum Gasteiger partial charge on any atom is 0.313 e. The molecule has 1 aromatic carbocycles. The summed E-state index contributed by atoms with van der Waals surface area (Å²) in [6.07, 6.45) is 1.56. The van der Waals surface area contributed by atoms with Crippen LogP contribution in [0.3, 0.4) is 0 Å². The molecule has 1 aromatic rings. The molecule has 7 heteroatoms. The quantitative estimate of drug-likeness (QED) is 0.806. The minimum Gasteiger partial charge on any atom is -0.497 e. The molecule has 136 valence electrons. The van der Waals surface area contributed by atoms with Crippen molar-refractivity contribution in [1.29, 1.82) is 0 Å². The lowest BCUT2D eigenvalue weighted by Gasteiger charge is -2.33. The molecule has 3 amide bonds. The highest BCUT2D eigenvalue weighted by molar-refractivity contribution is 6.39. The Morgan fingerprint density at radius 3 is 2.72 bits per heavy atom. The summed E-state index contributed by atoms with van der Waals surface area (Å²) in [6.45, 7) is 4.51. The first kappa shape index (κ1) is 18.8. The van der Waals surface area contributed by atoms with Gasteiger partial charge in [-0.25, -0.2) is 0 Å². The Hall–Kier alpha value is -2.57. The number of anilines is 1. The summed E-state index contributed by atoms with van der Waals surface area (Å²) in [5.74, 6) is -0.836. The van der Waals surface area contributed by atoms with Crippen molar-refractivity contribution in [2.75, 3.05) is 25.5 Å². The number of amides is 3. The molecule has 1 saturated heterocycles. The van der Waals surface area contributed by atoms with Gasteiger partial charge in [0.15, 0.2) is 0 Å². The van der Waals surface area contributed by atoms with Crippen molar-refractivity contribution >= 4 is 23.4 Å². The molecule has 0 aromatic heterocycles. The van der Waals surface area contributed by atoms with Gasteiger partial charge in [0.05, 0.1) is 7.11 Å². The molecule has 7 nitrogen and oxygen atoms in total. The molecule has 0 bridgehead atoms. The highest BCUT2D eigenvalue weighted by atomic mass is 16.5. The average Bonchev–Trinajstić information content (AvgIpc) is 2.61. The Balaban J connectivity index is 1.94. The largest absolute Gasteiger partial charge is 0.497 e. The van der Waals surface area contributed by atoms with Crippen LogP contribution in [-0.4, -0.2) is 48.9 Å². The molecule has 0 spiro atoms. The SMILES string of the molecule is COc1cccc(NC(=O)C(=O)N2CCC[C@@H](NC(=O)C(C)C)C2)c1. The second-order valence-corrected chi connectivity index (χ2v) is 6.44. The van der Waals surface area contributed by atoms with Crippen molar-refractivity contribution in [2.45, 2.75) is 32.7 Å². The number of hydrogen-bond donors (Lipinski definition) is 2. The number of benzene rings is 1. The molecule has 0 aliphatic carbocycles. The maximum atomic E-state index is 12.4. The number of carbonyl (C=O) groups excluding carboxylic acids is 3. The van der Waals surface area contributed by atoms with Crippen LogP contribution in [0.5, 0.6) is 5.75 Å². The number of nitrogens with zero attached hydrogens (tertiary/aromatic N) is 1. The van der Waals surface area contributed by atoms with E-state index in [1.54, 1.807) is 24.3 Å². The minimum atomic E-state index is -0.691. The Labute approximate surface area is 147 Å². The van der Waals surface area contributed by atoms with Crippen LogP contribution in [0.15, 0.2) is 24.3 Å². The van der Waals surface area contributed by atoms with E-state index >= 15 is 0 Å². The highest BCUT2D eigenvalue weighted by Gasteiger charge is 2.29. The monoisotopic (exact) mass is 347 g/mol. The lowest BCUT2D eigenvalue weighted by atomic mass is 10.0. The van der Waals surface area contributed by atoms with Gasteiger partial charge in [-0.3, -0.25) is 14.4 Å². The predicted octanol–water partition coefficient (Wildman–Crippen LogP) is 1.40. The standard InChI is InChI=1S/C18H25N3O4/c1-12(2)16(22)20-14-7-5-9-21(11-14)18(24)17(23)19-13-6-4-8-15(10-13)25-3/h4,6,8,10,12,14H,5,7,9,11H2,1-3H3,(H,19,23)(H,20,22)/t14-/m1/s1. The second-order valence-electron chi connectivity index (χ2n) is 6.44. The van der Waals surface area contributed by atoms with Crippen LogP contribution in [0.25, 0.3) is 0 Å². The van der Waals surface area contributed by atoms with Crippen LogP contribution in [0.2, 0.25) is 0 Å². The van der Waals surface area contributed by atoms with Crippen LogP contribution in [0.1, 0.15) is 26.7 Å². The molecule has 1 atom stereocenters. The van der Waals surface area contributed by atoms with E-state index in [4.69, 9.17) is 4.74 Å². The molecule has 0 radical (unpaired) electrons. The van der Waals surface area contributed by atoms with E-state index in [9.17, 15) is 14.4 Å². The molecule has 1 aliphatic heterocycles. The van der Waals surface area contributed by atoms with Gasteiger partial charge in [0, 0.05) is 36.8 Å². The Kier molecular flexibility index (Phi) is 6.38. The van der Waals surface area contributed by atoms with E-state index in [0.717, 1.165) is 12.8 Å². The molecule has 25 heavy (non-hydrogen) atoms. The van der Waals surface area contributed by atoms with Crippen molar-refractivity contribution in [3.05, 3.63) is 24.3 Å². The van der Waals surface area contributed by atoms with Crippen LogP contribution in [0, 0.1) is 5.92 Å². The molecule has 1 fully saturated rings. The first-order chi connectivity index (χ1) is 11.9. The van der Waals surface area contributed by atoms with E-state index in [1.807, 2.05) is 13.8 Å². The van der Waals surface area contributed by atoms with Gasteiger partial charge in [0.25, 0.3) is 0 Å². The molecule has 2 rings (SSSR count). The third-order valence-electron chi connectivity index (χ3n) is 4.10. The van der Waals surface area contributed by atoms with Crippen LogP contribution < -0.4 is 15.4 Å². The van der Waals surface area contributed by atoms with Crippen molar-refractivity contribution in [3.63, 3.8) is 0 Å². The maximum absolute atomic E-state index is 12.4. The molecule has 0 saturated carbocycles. The Morgan fingerprint density at radius 2 is 2.04 bits per heavy atom. The Bertz CT molecular complexity index is 645. The van der Waals surface area contributed by atoms with Crippen molar-refractivity contribution in [2.24, 2.45) is 5.92 Å². The topological polar surface area (TPSA) is 87.7 Å². The summed E-state index contributed by atoms with van der Waals surface area (Å²) >= 11 is 0. The molecule has 0 unspecified atom stereocenters. The first-order valence-electron chi connectivity index (χ1n) is 8.45. The highest BCUT2D eigenvalue weighted by Crippen LogP contribution is 2.17. The third-order valence-corrected chi connectivity index (χ3v) is 4.10. The summed E-state index contributed by atoms with van der Waals surface area (Å²) < 4.78 is 5.10. The number of carbonyl (C=O) groups is 3. The smallest absolute Gasteiger partial charge is 0.313 e. The molecular formula is C18H25N3O4.